The van der Waals surface area contributed by atoms with Gasteiger partial charge in [0.05, 0.1) is 7.11 Å². The van der Waals surface area contributed by atoms with E-state index in [2.05, 4.69) is 30.5 Å². The Morgan fingerprint density at radius 3 is 2.58 bits per heavy atom. The number of carbonyl (C=O) groups is 2. The number of urea groups is 1. The minimum absolute atomic E-state index is 0.0987. The summed E-state index contributed by atoms with van der Waals surface area (Å²) in [6.45, 7) is 1.13. The number of carbonyl (C=O) groups excluding carboxylic acids is 2. The van der Waals surface area contributed by atoms with Crippen LogP contribution in [0.25, 0.3) is 11.5 Å². The van der Waals surface area contributed by atoms with Gasteiger partial charge in [0.1, 0.15) is 5.69 Å². The molecule has 0 radical (unpaired) electrons. The van der Waals surface area contributed by atoms with Crippen molar-refractivity contribution in [3.8, 4) is 11.5 Å². The first kappa shape index (κ1) is 20.3. The molecular weight excluding hydrogens is 400 g/mol. The first-order valence-electron chi connectivity index (χ1n) is 9.88. The van der Waals surface area contributed by atoms with Gasteiger partial charge in [-0.15, -0.1) is 0 Å². The summed E-state index contributed by atoms with van der Waals surface area (Å²) >= 11 is 0. The van der Waals surface area contributed by atoms with Gasteiger partial charge < -0.3 is 19.5 Å². The van der Waals surface area contributed by atoms with Gasteiger partial charge in [0.15, 0.2) is 0 Å². The van der Waals surface area contributed by atoms with E-state index in [-0.39, 0.29) is 11.9 Å². The quantitative estimate of drug-likeness (QED) is 0.657. The highest BCUT2D eigenvalue weighted by Gasteiger charge is 2.28. The third-order valence-corrected chi connectivity index (χ3v) is 5.01. The predicted molar refractivity (Wildman–Crippen MR) is 113 cm³/mol. The lowest BCUT2D eigenvalue weighted by Gasteiger charge is -2.30. The number of nitrogens with zero attached hydrogens (tertiary/aromatic N) is 4. The predicted octanol–water partition coefficient (Wildman–Crippen LogP) is 3.72. The molecule has 1 aliphatic heterocycles. The number of aromatic nitrogens is 3. The van der Waals surface area contributed by atoms with E-state index in [0.29, 0.717) is 41.9 Å². The maximum atomic E-state index is 12.6. The fourth-order valence-corrected chi connectivity index (χ4v) is 3.38. The van der Waals surface area contributed by atoms with Crippen LogP contribution in [0.15, 0.2) is 53.2 Å². The van der Waals surface area contributed by atoms with Crippen LogP contribution in [0.4, 0.5) is 21.0 Å². The van der Waals surface area contributed by atoms with Crippen molar-refractivity contribution in [2.75, 3.05) is 30.8 Å². The number of hydrogen-bond acceptors (Lipinski definition) is 7. The van der Waals surface area contributed by atoms with Gasteiger partial charge in [0.2, 0.25) is 11.7 Å². The fraction of sp³-hybridized carbons (Fsp3) is 0.286. The lowest BCUT2D eigenvalue weighted by molar-refractivity contribution is 0.186. The minimum Gasteiger partial charge on any atom is -0.453 e. The van der Waals surface area contributed by atoms with Crippen molar-refractivity contribution in [3.63, 3.8) is 0 Å². The lowest BCUT2D eigenvalue weighted by Crippen LogP contribution is -2.40. The molecule has 31 heavy (non-hydrogen) atoms. The average Bonchev–Trinajstić information content (AvgIpc) is 3.30. The number of likely N-dealkylation sites (tertiary alicyclic amines) is 1. The molecule has 1 saturated heterocycles. The van der Waals surface area contributed by atoms with Crippen LogP contribution in [0.1, 0.15) is 24.7 Å². The number of rotatable bonds is 4. The SMILES string of the molecule is COC(=O)Nc1cccc(NC(=O)N2CCC(c3nc(-c4ccccn4)no3)CC2)c1. The van der Waals surface area contributed by atoms with Crippen LogP contribution in [-0.2, 0) is 4.74 Å². The average molecular weight is 422 g/mol. The number of ether oxygens (including phenoxy) is 1. The fourth-order valence-electron chi connectivity index (χ4n) is 3.38. The zero-order valence-corrected chi connectivity index (χ0v) is 16.9. The topological polar surface area (TPSA) is 122 Å². The molecule has 2 N–H and O–H groups in total. The number of pyridine rings is 1. The van der Waals surface area contributed by atoms with Gasteiger partial charge >= 0.3 is 12.1 Å². The molecule has 10 nitrogen and oxygen atoms in total. The molecule has 2 aromatic heterocycles. The van der Waals surface area contributed by atoms with Gasteiger partial charge in [-0.05, 0) is 43.2 Å². The smallest absolute Gasteiger partial charge is 0.411 e. The van der Waals surface area contributed by atoms with Crippen molar-refractivity contribution in [2.24, 2.45) is 0 Å². The van der Waals surface area contributed by atoms with Crippen molar-refractivity contribution in [1.29, 1.82) is 0 Å². The molecule has 0 spiro atoms. The van der Waals surface area contributed by atoms with Crippen molar-refractivity contribution in [3.05, 3.63) is 54.6 Å². The summed E-state index contributed by atoms with van der Waals surface area (Å²) in [6, 6.07) is 12.2. The van der Waals surface area contributed by atoms with Crippen LogP contribution in [0.5, 0.6) is 0 Å². The molecule has 0 saturated carbocycles. The highest BCUT2D eigenvalue weighted by atomic mass is 16.5. The number of amides is 3. The van der Waals surface area contributed by atoms with Crippen molar-refractivity contribution in [1.82, 2.24) is 20.0 Å². The van der Waals surface area contributed by atoms with Gasteiger partial charge in [-0.3, -0.25) is 10.3 Å². The normalized spacial score (nSPS) is 14.2. The summed E-state index contributed by atoms with van der Waals surface area (Å²) < 4.78 is 10.0. The zero-order valence-electron chi connectivity index (χ0n) is 16.9. The molecule has 3 aromatic rings. The monoisotopic (exact) mass is 422 g/mol. The Bertz CT molecular complexity index is 1050. The third-order valence-electron chi connectivity index (χ3n) is 5.01. The lowest BCUT2D eigenvalue weighted by atomic mass is 9.97. The molecule has 1 fully saturated rings. The molecule has 160 valence electrons. The first-order chi connectivity index (χ1) is 15.1. The molecule has 0 bridgehead atoms. The molecule has 1 aliphatic rings. The Hall–Kier alpha value is -3.95. The van der Waals surface area contributed by atoms with Crippen LogP contribution in [0.3, 0.4) is 0 Å². The van der Waals surface area contributed by atoms with Gasteiger partial charge in [0, 0.05) is 36.6 Å². The van der Waals surface area contributed by atoms with Crippen LogP contribution in [-0.4, -0.2) is 52.3 Å². The summed E-state index contributed by atoms with van der Waals surface area (Å²) in [5, 5.41) is 9.45. The molecule has 4 rings (SSSR count). The van der Waals surface area contributed by atoms with E-state index >= 15 is 0 Å². The van der Waals surface area contributed by atoms with E-state index in [1.807, 2.05) is 18.2 Å². The second-order valence-corrected chi connectivity index (χ2v) is 7.06. The molecular formula is C21H22N6O4. The van der Waals surface area contributed by atoms with Gasteiger partial charge in [-0.25, -0.2) is 9.59 Å². The van der Waals surface area contributed by atoms with Gasteiger partial charge in [-0.2, -0.15) is 4.98 Å². The second kappa shape index (κ2) is 9.24. The minimum atomic E-state index is -0.572. The van der Waals surface area contributed by atoms with E-state index in [9.17, 15) is 9.59 Å². The number of methoxy groups -OCH3 is 1. The molecule has 1 aromatic carbocycles. The Morgan fingerprint density at radius 1 is 1.10 bits per heavy atom. The highest BCUT2D eigenvalue weighted by molar-refractivity contribution is 5.91. The summed E-state index contributed by atoms with van der Waals surface area (Å²) in [6.07, 6.45) is 2.56. The summed E-state index contributed by atoms with van der Waals surface area (Å²) in [5.74, 6) is 1.14. The molecule has 3 heterocycles. The molecule has 0 aliphatic carbocycles. The van der Waals surface area contributed by atoms with E-state index in [0.717, 1.165) is 12.8 Å². The van der Waals surface area contributed by atoms with E-state index < -0.39 is 6.09 Å². The Balaban J connectivity index is 1.32. The molecule has 0 atom stereocenters. The van der Waals surface area contributed by atoms with Crippen molar-refractivity contribution >= 4 is 23.5 Å². The van der Waals surface area contributed by atoms with Crippen LogP contribution >= 0.6 is 0 Å². The van der Waals surface area contributed by atoms with E-state index in [1.54, 1.807) is 35.4 Å². The first-order valence-corrected chi connectivity index (χ1v) is 9.88. The van der Waals surface area contributed by atoms with Crippen LogP contribution in [0, 0.1) is 0 Å². The van der Waals surface area contributed by atoms with Crippen molar-refractivity contribution < 1.29 is 18.8 Å². The Labute approximate surface area is 178 Å². The summed E-state index contributed by atoms with van der Waals surface area (Å²) in [4.78, 5) is 34.4. The Kier molecular flexibility index (Phi) is 6.06. The zero-order chi connectivity index (χ0) is 21.6. The molecule has 0 unspecified atom stereocenters. The molecule has 3 amide bonds. The van der Waals surface area contributed by atoms with Gasteiger partial charge in [-0.1, -0.05) is 17.3 Å². The number of hydrogen-bond donors (Lipinski definition) is 2. The third kappa shape index (κ3) is 4.97. The number of nitrogens with one attached hydrogen (secondary N) is 2. The highest BCUT2D eigenvalue weighted by Crippen LogP contribution is 2.28. The maximum Gasteiger partial charge on any atom is 0.411 e. The van der Waals surface area contributed by atoms with Crippen LogP contribution in [0.2, 0.25) is 0 Å². The summed E-state index contributed by atoms with van der Waals surface area (Å²) in [5.41, 5.74) is 1.78. The van der Waals surface area contributed by atoms with Crippen molar-refractivity contribution in [2.45, 2.75) is 18.8 Å². The van der Waals surface area contributed by atoms with Gasteiger partial charge in [0.25, 0.3) is 0 Å². The van der Waals surface area contributed by atoms with Crippen LogP contribution < -0.4 is 10.6 Å². The summed E-state index contributed by atoms with van der Waals surface area (Å²) in [7, 11) is 1.29. The Morgan fingerprint density at radius 2 is 1.87 bits per heavy atom. The molecule has 10 heteroatoms. The largest absolute Gasteiger partial charge is 0.453 e. The second-order valence-electron chi connectivity index (χ2n) is 7.06. The number of benzene rings is 1. The van der Waals surface area contributed by atoms with E-state index in [4.69, 9.17) is 4.52 Å². The number of anilines is 2. The maximum absolute atomic E-state index is 12.6. The standard InChI is InChI=1S/C21H22N6O4/c1-30-21(29)24-16-6-4-5-15(13-16)23-20(28)27-11-8-14(9-12-27)19-25-18(26-31-19)17-7-2-3-10-22-17/h2-7,10,13-14H,8-9,11-12H2,1H3,(H,23,28)(H,24,29). The van der Waals surface area contributed by atoms with E-state index in [1.165, 1.54) is 7.11 Å². The number of piperidine rings is 1.